The van der Waals surface area contributed by atoms with Crippen LogP contribution in [0.4, 0.5) is 22.0 Å². The van der Waals surface area contributed by atoms with Gasteiger partial charge in [0.15, 0.2) is 9.84 Å². The average Bonchev–Trinajstić information content (AvgIpc) is 2.73. The number of primary amides is 1. The summed E-state index contributed by atoms with van der Waals surface area (Å²) in [5.74, 6) is -3.27. The van der Waals surface area contributed by atoms with Crippen LogP contribution in [0.3, 0.4) is 0 Å². The van der Waals surface area contributed by atoms with Crippen molar-refractivity contribution in [2.75, 3.05) is 0 Å². The molecule has 3 N–H and O–H groups in total. The molecule has 2 unspecified atom stereocenters. The Morgan fingerprint density at radius 2 is 1.41 bits per heavy atom. The smallest absolute Gasteiger partial charge is 0.368 e. The average molecular weight is 519 g/mol. The molecule has 1 amide bonds. The number of alkyl halides is 3. The number of halogens is 6. The van der Waals surface area contributed by atoms with Gasteiger partial charge in [-0.25, -0.2) is 17.2 Å². The van der Waals surface area contributed by atoms with Gasteiger partial charge in [-0.1, -0.05) is 23.7 Å². The van der Waals surface area contributed by atoms with Gasteiger partial charge in [0.2, 0.25) is 5.91 Å². The van der Waals surface area contributed by atoms with Crippen LogP contribution in [0.5, 0.6) is 0 Å². The van der Waals surface area contributed by atoms with E-state index in [1.54, 1.807) is 0 Å². The summed E-state index contributed by atoms with van der Waals surface area (Å²) in [7, 11) is -4.42. The predicted octanol–water partition coefficient (Wildman–Crippen LogP) is 4.93. The number of hydrogen-bond acceptors (Lipinski definition) is 4. The van der Waals surface area contributed by atoms with Gasteiger partial charge in [-0.05, 0) is 59.7 Å². The van der Waals surface area contributed by atoms with Crippen molar-refractivity contribution in [1.29, 1.82) is 0 Å². The summed E-state index contributed by atoms with van der Waals surface area (Å²) in [5, 5.41) is 0.848. The van der Waals surface area contributed by atoms with Crippen molar-refractivity contribution in [2.24, 2.45) is 5.73 Å². The van der Waals surface area contributed by atoms with Crippen molar-refractivity contribution in [3.8, 4) is 0 Å². The van der Waals surface area contributed by atoms with E-state index in [-0.39, 0.29) is 21.0 Å². The maximum Gasteiger partial charge on any atom is 0.416 e. The topological polar surface area (TPSA) is 89.3 Å². The van der Waals surface area contributed by atoms with Crippen molar-refractivity contribution in [3.05, 3.63) is 100 Å². The van der Waals surface area contributed by atoms with Gasteiger partial charge < -0.3 is 5.73 Å². The number of rotatable bonds is 7. The third-order valence-electron chi connectivity index (χ3n) is 4.81. The molecule has 0 radical (unpaired) electrons. The summed E-state index contributed by atoms with van der Waals surface area (Å²) in [6.45, 7) is 0. The van der Waals surface area contributed by atoms with Gasteiger partial charge in [0.25, 0.3) is 0 Å². The third-order valence-corrected chi connectivity index (χ3v) is 7.02. The number of carbonyl (C=O) groups is 1. The molecular weight excluding hydrogens is 503 g/mol. The molecule has 3 aromatic rings. The first-order chi connectivity index (χ1) is 15.8. The second kappa shape index (κ2) is 9.69. The molecule has 0 fully saturated rings. The van der Waals surface area contributed by atoms with Crippen LogP contribution in [0.2, 0.25) is 5.02 Å². The Hall–Kier alpha value is -3.02. The predicted molar refractivity (Wildman–Crippen MR) is 114 cm³/mol. The van der Waals surface area contributed by atoms with E-state index in [4.69, 9.17) is 17.3 Å². The highest BCUT2D eigenvalue weighted by Crippen LogP contribution is 2.34. The molecule has 0 saturated carbocycles. The molecule has 0 aromatic heterocycles. The molecular formula is C22H16ClF5N2O3S. The van der Waals surface area contributed by atoms with Crippen molar-refractivity contribution in [1.82, 2.24) is 5.32 Å². The number of benzene rings is 3. The standard InChI is InChI=1S/C22H16ClF5N2O3S/c23-15-5-7-18(8-6-15)34(32,33)21(12-1-3-14(4-2-12)22(26,27)28)30-19(20(29)31)13-9-16(24)11-17(25)10-13/h1-11,19,21,30H,(H2,29,31). The van der Waals surface area contributed by atoms with E-state index in [0.717, 1.165) is 36.4 Å². The van der Waals surface area contributed by atoms with Crippen LogP contribution in [-0.4, -0.2) is 14.3 Å². The van der Waals surface area contributed by atoms with Crippen molar-refractivity contribution < 1.29 is 35.2 Å². The zero-order chi connectivity index (χ0) is 25.3. The maximum atomic E-state index is 13.7. The molecule has 12 heteroatoms. The summed E-state index contributed by atoms with van der Waals surface area (Å²) in [6.07, 6.45) is -4.68. The summed E-state index contributed by atoms with van der Waals surface area (Å²) in [4.78, 5) is 11.9. The lowest BCUT2D eigenvalue weighted by atomic mass is 10.0. The molecule has 0 saturated heterocycles. The summed E-state index contributed by atoms with van der Waals surface area (Å²) in [5.41, 5.74) is 3.85. The lowest BCUT2D eigenvalue weighted by Gasteiger charge is -2.25. The molecule has 0 heterocycles. The van der Waals surface area contributed by atoms with Gasteiger partial charge in [0.05, 0.1) is 10.5 Å². The zero-order valence-corrected chi connectivity index (χ0v) is 18.6. The molecule has 34 heavy (non-hydrogen) atoms. The highest BCUT2D eigenvalue weighted by atomic mass is 35.5. The van der Waals surface area contributed by atoms with E-state index in [1.165, 1.54) is 12.1 Å². The normalized spacial score (nSPS) is 13.9. The van der Waals surface area contributed by atoms with E-state index in [1.807, 2.05) is 0 Å². The molecule has 0 aliphatic rings. The zero-order valence-electron chi connectivity index (χ0n) is 17.0. The first kappa shape index (κ1) is 25.6. The van der Waals surface area contributed by atoms with Gasteiger partial charge in [-0.15, -0.1) is 0 Å². The Morgan fingerprint density at radius 1 is 0.882 bits per heavy atom. The summed E-state index contributed by atoms with van der Waals surface area (Å²) >= 11 is 5.80. The number of amides is 1. The fourth-order valence-corrected chi connectivity index (χ4v) is 4.95. The Bertz CT molecular complexity index is 1280. The number of hydrogen-bond donors (Lipinski definition) is 2. The second-order valence-electron chi connectivity index (χ2n) is 7.20. The Kier molecular flexibility index (Phi) is 7.29. The van der Waals surface area contributed by atoms with E-state index < -0.39 is 50.5 Å². The molecule has 0 aliphatic carbocycles. The van der Waals surface area contributed by atoms with E-state index in [2.05, 4.69) is 5.32 Å². The SMILES string of the molecule is NC(=O)C(NC(c1ccc(C(F)(F)F)cc1)S(=O)(=O)c1ccc(Cl)cc1)c1cc(F)cc(F)c1. The number of nitrogens with one attached hydrogen (secondary N) is 1. The molecule has 0 spiro atoms. The largest absolute Gasteiger partial charge is 0.416 e. The van der Waals surface area contributed by atoms with Crippen LogP contribution < -0.4 is 11.1 Å². The Morgan fingerprint density at radius 3 is 1.88 bits per heavy atom. The Labute approximate surface area is 196 Å². The first-order valence-corrected chi connectivity index (χ1v) is 11.4. The molecule has 0 aliphatic heterocycles. The highest BCUT2D eigenvalue weighted by molar-refractivity contribution is 7.91. The molecule has 180 valence electrons. The molecule has 3 aromatic carbocycles. The van der Waals surface area contributed by atoms with Crippen LogP contribution in [0.15, 0.2) is 71.6 Å². The van der Waals surface area contributed by atoms with Gasteiger partial charge in [0, 0.05) is 11.1 Å². The maximum absolute atomic E-state index is 13.7. The summed E-state index contributed by atoms with van der Waals surface area (Å²) < 4.78 is 93.3. The lowest BCUT2D eigenvalue weighted by Crippen LogP contribution is -2.39. The summed E-state index contributed by atoms with van der Waals surface area (Å²) in [6, 6.07) is 8.46. The lowest BCUT2D eigenvalue weighted by molar-refractivity contribution is -0.137. The minimum Gasteiger partial charge on any atom is -0.368 e. The number of nitrogens with two attached hydrogens (primary N) is 1. The van der Waals surface area contributed by atoms with Crippen LogP contribution in [-0.2, 0) is 20.8 Å². The van der Waals surface area contributed by atoms with Crippen LogP contribution in [0, 0.1) is 11.6 Å². The number of carbonyl (C=O) groups excluding carboxylic acids is 1. The third kappa shape index (κ3) is 5.72. The molecule has 3 rings (SSSR count). The minimum atomic E-state index is -4.68. The minimum absolute atomic E-state index is 0.175. The van der Waals surface area contributed by atoms with Crippen LogP contribution in [0.25, 0.3) is 0 Å². The van der Waals surface area contributed by atoms with Crippen molar-refractivity contribution in [3.63, 3.8) is 0 Å². The Balaban J connectivity index is 2.13. The fraction of sp³-hybridized carbons (Fsp3) is 0.136. The van der Waals surface area contributed by atoms with Crippen molar-refractivity contribution >= 4 is 27.3 Å². The van der Waals surface area contributed by atoms with Gasteiger partial charge in [0.1, 0.15) is 23.1 Å². The number of sulfone groups is 1. The van der Waals surface area contributed by atoms with E-state index in [9.17, 15) is 35.2 Å². The van der Waals surface area contributed by atoms with E-state index >= 15 is 0 Å². The van der Waals surface area contributed by atoms with E-state index in [0.29, 0.717) is 18.2 Å². The molecule has 5 nitrogen and oxygen atoms in total. The van der Waals surface area contributed by atoms with Gasteiger partial charge >= 0.3 is 6.18 Å². The molecule has 2 atom stereocenters. The monoisotopic (exact) mass is 518 g/mol. The quantitative estimate of drug-likeness (QED) is 0.434. The second-order valence-corrected chi connectivity index (χ2v) is 9.67. The van der Waals surface area contributed by atoms with Crippen molar-refractivity contribution in [2.45, 2.75) is 22.5 Å². The van der Waals surface area contributed by atoms with Gasteiger partial charge in [-0.3, -0.25) is 10.1 Å². The molecule has 0 bridgehead atoms. The van der Waals surface area contributed by atoms with Crippen LogP contribution >= 0.6 is 11.6 Å². The fourth-order valence-electron chi connectivity index (χ4n) is 3.21. The first-order valence-electron chi connectivity index (χ1n) is 9.47. The van der Waals surface area contributed by atoms with Crippen LogP contribution in [0.1, 0.15) is 28.1 Å². The van der Waals surface area contributed by atoms with Gasteiger partial charge in [-0.2, -0.15) is 13.2 Å². The highest BCUT2D eigenvalue weighted by Gasteiger charge is 2.35.